The summed E-state index contributed by atoms with van der Waals surface area (Å²) in [4.78, 5) is 10.3. The Labute approximate surface area is 378 Å². The van der Waals surface area contributed by atoms with Crippen molar-refractivity contribution in [1.82, 2.24) is 20.2 Å². The Morgan fingerprint density at radius 3 is 1.05 bits per heavy atom. The minimum atomic E-state index is -0.0590. The third-order valence-electron chi connectivity index (χ3n) is 15.8. The molecule has 7 aliphatic carbocycles. The number of hydrogen-bond donors (Lipinski definition) is 0. The maximum absolute atomic E-state index is 5.70. The van der Waals surface area contributed by atoms with E-state index >= 15 is 0 Å². The quantitative estimate of drug-likeness (QED) is 0.243. The van der Waals surface area contributed by atoms with E-state index in [0.717, 1.165) is 47.2 Å². The van der Waals surface area contributed by atoms with Crippen molar-refractivity contribution in [3.05, 3.63) is 45.2 Å². The third kappa shape index (κ3) is 10.1. The Morgan fingerprint density at radius 1 is 0.508 bits per heavy atom. The number of aryl methyl sites for hydroxylation is 1. The van der Waals surface area contributed by atoms with Gasteiger partial charge in [0.2, 0.25) is 11.8 Å². The first-order valence-electron chi connectivity index (χ1n) is 24.1. The van der Waals surface area contributed by atoms with Gasteiger partial charge in [0.1, 0.15) is 5.76 Å². The van der Waals surface area contributed by atoms with Crippen molar-refractivity contribution in [1.29, 1.82) is 0 Å². The van der Waals surface area contributed by atoms with Gasteiger partial charge >= 0.3 is 0 Å². The number of nitrogens with zero attached hydrogens (tertiary/aromatic N) is 4. The Kier molecular flexibility index (Phi) is 13.2. The highest BCUT2D eigenvalue weighted by molar-refractivity contribution is 7.11. The van der Waals surface area contributed by atoms with E-state index < -0.39 is 0 Å². The van der Waals surface area contributed by atoms with Crippen LogP contribution < -0.4 is 0 Å². The van der Waals surface area contributed by atoms with E-state index in [1.165, 1.54) is 15.6 Å². The fourth-order valence-corrected chi connectivity index (χ4v) is 13.1. The van der Waals surface area contributed by atoms with Gasteiger partial charge in [-0.3, -0.25) is 0 Å². The largest absolute Gasteiger partial charge is 0.445 e. The van der Waals surface area contributed by atoms with Crippen LogP contribution in [-0.4, -0.2) is 20.2 Å². The van der Waals surface area contributed by atoms with E-state index in [1.54, 1.807) is 38.5 Å². The molecule has 0 N–H and O–H groups in total. The molecule has 61 heavy (non-hydrogen) atoms. The fraction of sp³-hybridized carbons (Fsp3) is 0.852. The summed E-state index contributed by atoms with van der Waals surface area (Å²) >= 11 is 1.84. The Morgan fingerprint density at radius 2 is 0.852 bits per heavy atom. The van der Waals surface area contributed by atoms with Crippen molar-refractivity contribution in [3.8, 4) is 0 Å². The third-order valence-corrected chi connectivity index (χ3v) is 17.2. The molecule has 346 valence electrons. The van der Waals surface area contributed by atoms with Crippen molar-refractivity contribution in [3.63, 3.8) is 0 Å². The minimum Gasteiger partial charge on any atom is -0.445 e. The predicted molar refractivity (Wildman–Crippen MR) is 258 cm³/mol. The number of thiazole rings is 1. The Balaban J connectivity index is 0.000000160. The summed E-state index contributed by atoms with van der Waals surface area (Å²) in [6, 6.07) is 0. The van der Waals surface area contributed by atoms with Crippen LogP contribution in [0.25, 0.3) is 0 Å². The van der Waals surface area contributed by atoms with Crippen molar-refractivity contribution in [2.24, 2.45) is 57.2 Å². The van der Waals surface area contributed by atoms with E-state index in [9.17, 15) is 0 Å². The van der Waals surface area contributed by atoms with Crippen molar-refractivity contribution < 1.29 is 8.83 Å². The Bertz CT molecular complexity index is 1710. The van der Waals surface area contributed by atoms with Gasteiger partial charge in [-0.25, -0.2) is 9.97 Å². The number of hydrogen-bond acceptors (Lipinski definition) is 7. The van der Waals surface area contributed by atoms with Crippen molar-refractivity contribution >= 4 is 11.3 Å². The van der Waals surface area contributed by atoms with Gasteiger partial charge < -0.3 is 8.83 Å². The molecule has 7 heteroatoms. The van der Waals surface area contributed by atoms with E-state index in [2.05, 4.69) is 186 Å². The molecule has 8 bridgehead atoms. The van der Waals surface area contributed by atoms with E-state index in [-0.39, 0.29) is 27.1 Å². The van der Waals surface area contributed by atoms with E-state index in [4.69, 9.17) is 8.83 Å². The van der Waals surface area contributed by atoms with Crippen LogP contribution in [0.1, 0.15) is 243 Å². The predicted octanol–water partition coefficient (Wildman–Crippen LogP) is 16.0. The SMILES string of the molecule is CC(C)(C)C12CC3C4CC5(C(C)(C)C)CC3C(C1)C(C5)C4C2.CC(C)(C)c1cnc(C(C)(C)C)o1.CC(C)(C)c1nnc(C(C)(C)C)o1.Cc1nc(C(C)C)c(C(C)(C)C)s1. The zero-order valence-electron chi connectivity index (χ0n) is 43.9. The first kappa shape index (κ1) is 50.0. The van der Waals surface area contributed by atoms with Gasteiger partial charge in [-0.15, -0.1) is 21.5 Å². The van der Waals surface area contributed by atoms with Gasteiger partial charge in [-0.1, -0.05) is 159 Å². The van der Waals surface area contributed by atoms with Crippen LogP contribution in [0.15, 0.2) is 15.0 Å². The molecular weight excluding hydrogens is 769 g/mol. The summed E-state index contributed by atoms with van der Waals surface area (Å²) in [6.45, 7) is 53.6. The van der Waals surface area contributed by atoms with Crippen LogP contribution in [-0.2, 0) is 27.1 Å². The summed E-state index contributed by atoms with van der Waals surface area (Å²) in [7, 11) is 0. The van der Waals surface area contributed by atoms with Crippen molar-refractivity contribution in [2.45, 2.75) is 238 Å². The summed E-state index contributed by atoms with van der Waals surface area (Å²) in [5.74, 6) is 10.4. The monoisotopic (exact) mass is 861 g/mol. The molecule has 3 heterocycles. The van der Waals surface area contributed by atoms with E-state index in [1.807, 2.05) is 17.5 Å². The lowest BCUT2D eigenvalue weighted by Gasteiger charge is -2.78. The van der Waals surface area contributed by atoms with Gasteiger partial charge in [-0.2, -0.15) is 0 Å². The minimum absolute atomic E-state index is 0.00347. The van der Waals surface area contributed by atoms with Crippen LogP contribution in [0.3, 0.4) is 0 Å². The highest BCUT2D eigenvalue weighted by Crippen LogP contribution is 2.80. The molecule has 7 saturated carbocycles. The average Bonchev–Trinajstić information content (AvgIpc) is 3.86. The van der Waals surface area contributed by atoms with Gasteiger partial charge in [0.05, 0.1) is 16.9 Å². The molecule has 10 rings (SSSR count). The van der Waals surface area contributed by atoms with Gasteiger partial charge in [0.15, 0.2) is 5.89 Å². The van der Waals surface area contributed by atoms with Crippen LogP contribution >= 0.6 is 11.3 Å². The van der Waals surface area contributed by atoms with Gasteiger partial charge in [-0.05, 0) is 114 Å². The fourth-order valence-electron chi connectivity index (χ4n) is 11.9. The van der Waals surface area contributed by atoms with Gasteiger partial charge in [0, 0.05) is 26.5 Å². The molecule has 0 atom stereocenters. The maximum Gasteiger partial charge on any atom is 0.221 e. The second-order valence-corrected chi connectivity index (χ2v) is 29.3. The summed E-state index contributed by atoms with van der Waals surface area (Å²) in [5.41, 5.74) is 3.93. The maximum atomic E-state index is 5.70. The highest BCUT2D eigenvalue weighted by atomic mass is 32.1. The first-order chi connectivity index (χ1) is 27.3. The average molecular weight is 861 g/mol. The zero-order chi connectivity index (χ0) is 46.5. The molecule has 3 aromatic rings. The van der Waals surface area contributed by atoms with Gasteiger partial charge in [0.25, 0.3) is 0 Å². The molecule has 0 aromatic carbocycles. The van der Waals surface area contributed by atoms with Crippen LogP contribution in [0.2, 0.25) is 0 Å². The molecule has 0 unspecified atom stereocenters. The molecule has 6 nitrogen and oxygen atoms in total. The summed E-state index contributed by atoms with van der Waals surface area (Å²) in [6.07, 6.45) is 11.4. The molecule has 0 amide bonds. The molecule has 3 aromatic heterocycles. The molecule has 0 saturated heterocycles. The molecule has 0 radical (unpaired) electrons. The molecule has 0 spiro atoms. The summed E-state index contributed by atoms with van der Waals surface area (Å²) < 4.78 is 11.3. The number of rotatable bonds is 1. The number of aromatic nitrogens is 4. The Hall–Kier alpha value is -2.02. The zero-order valence-corrected chi connectivity index (χ0v) is 44.7. The van der Waals surface area contributed by atoms with Crippen LogP contribution in [0.5, 0.6) is 0 Å². The van der Waals surface area contributed by atoms with Crippen LogP contribution in [0.4, 0.5) is 0 Å². The smallest absolute Gasteiger partial charge is 0.221 e. The lowest BCUT2D eigenvalue weighted by atomic mass is 9.27. The second kappa shape index (κ2) is 16.1. The molecule has 7 fully saturated rings. The van der Waals surface area contributed by atoms with Crippen LogP contribution in [0, 0.1) is 64.1 Å². The highest BCUT2D eigenvalue weighted by Gasteiger charge is 2.73. The standard InChI is InChI=1S/C22H36.C11H19NO.C11H19NS.C10H18N2O/c1-19(2,3)21-7-13-16-10-22(20(4,5)6)11-17(13)15(9-21)18(12-22)14(16)8-21;1-10(2,3)8-7-12-9(13-8)11(4,5)6;1-7(2)9-10(11(4,5)6)13-8(3)12-9;1-9(2,3)7-11-12-8(13-7)10(4,5)6/h13-18H,7-12H2,1-6H3;2*7H,1-6H3;1-6H3. The second-order valence-electron chi connectivity index (χ2n) is 28.1. The molecular formula is C54H92N4O2S. The lowest BCUT2D eigenvalue weighted by Crippen LogP contribution is -2.70. The molecule has 7 aliphatic rings. The van der Waals surface area contributed by atoms with Crippen molar-refractivity contribution in [2.75, 3.05) is 0 Å². The summed E-state index contributed by atoms with van der Waals surface area (Å²) in [5, 5.41) is 9.26. The lowest BCUT2D eigenvalue weighted by molar-refractivity contribution is -0.290. The molecule has 0 aliphatic heterocycles. The first-order valence-corrected chi connectivity index (χ1v) is 24.9. The normalized spacial score (nSPS) is 29.5. The van der Waals surface area contributed by atoms with E-state index in [0.29, 0.717) is 39.4 Å². The number of oxazole rings is 1. The topological polar surface area (TPSA) is 77.8 Å².